The minimum Gasteiger partial charge on any atom is -0.465 e. The number of esters is 1. The van der Waals surface area contributed by atoms with Crippen LogP contribution in [0.4, 0.5) is 0 Å². The van der Waals surface area contributed by atoms with Crippen LogP contribution in [0.1, 0.15) is 18.5 Å². The first-order valence-corrected chi connectivity index (χ1v) is 4.23. The van der Waals surface area contributed by atoms with E-state index in [0.29, 0.717) is 6.61 Å². The molecule has 1 aromatic rings. The maximum atomic E-state index is 11.2. The molecule has 1 aromatic carbocycles. The van der Waals surface area contributed by atoms with Gasteiger partial charge in [0.1, 0.15) is 6.04 Å². The summed E-state index contributed by atoms with van der Waals surface area (Å²) in [4.78, 5) is 11.2. The third-order valence-corrected chi connectivity index (χ3v) is 1.70. The van der Waals surface area contributed by atoms with Gasteiger partial charge in [0, 0.05) is 0 Å². The van der Waals surface area contributed by atoms with Gasteiger partial charge in [-0.2, -0.15) is 0 Å². The monoisotopic (exact) mass is 179 g/mol. The quantitative estimate of drug-likeness (QED) is 0.710. The maximum absolute atomic E-state index is 11.2. The van der Waals surface area contributed by atoms with Crippen molar-refractivity contribution in [2.24, 2.45) is 5.73 Å². The van der Waals surface area contributed by atoms with Gasteiger partial charge in [-0.05, 0) is 12.5 Å². The molecule has 1 atom stereocenters. The Kier molecular flexibility index (Phi) is 3.46. The van der Waals surface area contributed by atoms with Gasteiger partial charge in [0.25, 0.3) is 0 Å². The normalized spacial score (nSPS) is 12.2. The van der Waals surface area contributed by atoms with Gasteiger partial charge in [-0.3, -0.25) is 0 Å². The van der Waals surface area contributed by atoms with Crippen LogP contribution in [0.2, 0.25) is 0 Å². The molecule has 2 N–H and O–H groups in total. The lowest BCUT2D eigenvalue weighted by atomic mass is 10.1. The Morgan fingerprint density at radius 3 is 2.62 bits per heavy atom. The Morgan fingerprint density at radius 1 is 1.46 bits per heavy atom. The SMILES string of the molecule is CCOC(=O)[C@H](N)c1ccccc1. The first-order chi connectivity index (χ1) is 6.25. The Bertz CT molecular complexity index is 272. The lowest BCUT2D eigenvalue weighted by Gasteiger charge is -2.09. The predicted octanol–water partition coefficient (Wildman–Crippen LogP) is 1.25. The molecule has 3 heteroatoms. The molecule has 0 aliphatic heterocycles. The number of ether oxygens (including phenoxy) is 1. The van der Waals surface area contributed by atoms with Crippen molar-refractivity contribution in [1.82, 2.24) is 0 Å². The first kappa shape index (κ1) is 9.74. The van der Waals surface area contributed by atoms with Gasteiger partial charge in [0.15, 0.2) is 0 Å². The van der Waals surface area contributed by atoms with E-state index in [1.807, 2.05) is 30.3 Å². The minimum atomic E-state index is -0.666. The zero-order valence-electron chi connectivity index (χ0n) is 7.57. The fraction of sp³-hybridized carbons (Fsp3) is 0.300. The van der Waals surface area contributed by atoms with Crippen LogP contribution in [0, 0.1) is 0 Å². The number of benzene rings is 1. The highest BCUT2D eigenvalue weighted by molar-refractivity contribution is 5.77. The van der Waals surface area contributed by atoms with Crippen LogP contribution in [0.15, 0.2) is 30.3 Å². The second kappa shape index (κ2) is 4.62. The number of carbonyl (C=O) groups excluding carboxylic acids is 1. The molecular formula is C10H13NO2. The van der Waals surface area contributed by atoms with Crippen LogP contribution < -0.4 is 5.73 Å². The molecule has 0 aliphatic carbocycles. The van der Waals surface area contributed by atoms with E-state index in [9.17, 15) is 4.79 Å². The van der Waals surface area contributed by atoms with Crippen molar-refractivity contribution in [1.29, 1.82) is 0 Å². The summed E-state index contributed by atoms with van der Waals surface area (Å²) in [6.07, 6.45) is 0. The lowest BCUT2D eigenvalue weighted by Crippen LogP contribution is -2.23. The van der Waals surface area contributed by atoms with Gasteiger partial charge in [0.05, 0.1) is 6.61 Å². The van der Waals surface area contributed by atoms with E-state index in [1.165, 1.54) is 0 Å². The molecule has 0 saturated heterocycles. The summed E-state index contributed by atoms with van der Waals surface area (Å²) in [5, 5.41) is 0. The van der Waals surface area contributed by atoms with Crippen LogP contribution in [0.5, 0.6) is 0 Å². The first-order valence-electron chi connectivity index (χ1n) is 4.23. The van der Waals surface area contributed by atoms with E-state index in [1.54, 1.807) is 6.92 Å². The topological polar surface area (TPSA) is 52.3 Å². The number of hydrogen-bond acceptors (Lipinski definition) is 3. The van der Waals surface area contributed by atoms with E-state index < -0.39 is 6.04 Å². The fourth-order valence-corrected chi connectivity index (χ4v) is 1.03. The predicted molar refractivity (Wildman–Crippen MR) is 50.0 cm³/mol. The summed E-state index contributed by atoms with van der Waals surface area (Å²) in [5.41, 5.74) is 6.43. The van der Waals surface area contributed by atoms with Crippen molar-refractivity contribution in [2.75, 3.05) is 6.61 Å². The second-order valence-corrected chi connectivity index (χ2v) is 2.64. The molecule has 0 aromatic heterocycles. The molecule has 0 spiro atoms. The minimum absolute atomic E-state index is 0.360. The van der Waals surface area contributed by atoms with E-state index in [-0.39, 0.29) is 5.97 Å². The maximum Gasteiger partial charge on any atom is 0.327 e. The van der Waals surface area contributed by atoms with Crippen molar-refractivity contribution >= 4 is 5.97 Å². The van der Waals surface area contributed by atoms with E-state index in [4.69, 9.17) is 10.5 Å². The molecule has 0 saturated carbocycles. The molecule has 0 fully saturated rings. The Hall–Kier alpha value is -1.35. The molecule has 0 aliphatic rings. The smallest absolute Gasteiger partial charge is 0.327 e. The van der Waals surface area contributed by atoms with Gasteiger partial charge in [-0.25, -0.2) is 4.79 Å². The zero-order valence-corrected chi connectivity index (χ0v) is 7.57. The van der Waals surface area contributed by atoms with Crippen LogP contribution >= 0.6 is 0 Å². The van der Waals surface area contributed by atoms with Crippen LogP contribution in [0.25, 0.3) is 0 Å². The van der Waals surface area contributed by atoms with Gasteiger partial charge in [0.2, 0.25) is 0 Å². The van der Waals surface area contributed by atoms with Gasteiger partial charge in [-0.1, -0.05) is 30.3 Å². The molecule has 0 amide bonds. The summed E-state index contributed by atoms with van der Waals surface area (Å²) < 4.78 is 4.79. The molecule has 0 bridgehead atoms. The van der Waals surface area contributed by atoms with Crippen LogP contribution in [0.3, 0.4) is 0 Å². The van der Waals surface area contributed by atoms with Crippen LogP contribution in [-0.2, 0) is 9.53 Å². The number of nitrogens with two attached hydrogens (primary N) is 1. The fourth-order valence-electron chi connectivity index (χ4n) is 1.03. The standard InChI is InChI=1S/C10H13NO2/c1-2-13-10(12)9(11)8-6-4-3-5-7-8/h3-7,9H,2,11H2,1H3/t9-/m1/s1. The van der Waals surface area contributed by atoms with E-state index in [2.05, 4.69) is 0 Å². The Balaban J connectivity index is 2.68. The van der Waals surface area contributed by atoms with Crippen molar-refractivity contribution < 1.29 is 9.53 Å². The van der Waals surface area contributed by atoms with Crippen molar-refractivity contribution in [3.8, 4) is 0 Å². The Labute approximate surface area is 77.5 Å². The number of carbonyl (C=O) groups is 1. The third kappa shape index (κ3) is 2.56. The highest BCUT2D eigenvalue weighted by Crippen LogP contribution is 2.10. The van der Waals surface area contributed by atoms with Gasteiger partial charge >= 0.3 is 5.97 Å². The largest absolute Gasteiger partial charge is 0.465 e. The molecule has 0 radical (unpaired) electrons. The molecule has 0 heterocycles. The van der Waals surface area contributed by atoms with Crippen molar-refractivity contribution in [3.63, 3.8) is 0 Å². The van der Waals surface area contributed by atoms with E-state index in [0.717, 1.165) is 5.56 Å². The summed E-state index contributed by atoms with van der Waals surface area (Å²) in [5.74, 6) is -0.381. The van der Waals surface area contributed by atoms with Crippen LogP contribution in [-0.4, -0.2) is 12.6 Å². The van der Waals surface area contributed by atoms with E-state index >= 15 is 0 Å². The average molecular weight is 179 g/mol. The zero-order chi connectivity index (χ0) is 9.68. The highest BCUT2D eigenvalue weighted by atomic mass is 16.5. The van der Waals surface area contributed by atoms with Gasteiger partial charge in [-0.15, -0.1) is 0 Å². The number of rotatable bonds is 3. The average Bonchev–Trinajstić information content (AvgIpc) is 2.18. The molecule has 13 heavy (non-hydrogen) atoms. The Morgan fingerprint density at radius 2 is 2.08 bits per heavy atom. The number of hydrogen-bond donors (Lipinski definition) is 1. The second-order valence-electron chi connectivity index (χ2n) is 2.64. The van der Waals surface area contributed by atoms with Gasteiger partial charge < -0.3 is 10.5 Å². The summed E-state index contributed by atoms with van der Waals surface area (Å²) in [6, 6.07) is 8.51. The molecule has 3 nitrogen and oxygen atoms in total. The summed E-state index contributed by atoms with van der Waals surface area (Å²) in [6.45, 7) is 2.12. The molecule has 70 valence electrons. The van der Waals surface area contributed by atoms with Crippen molar-refractivity contribution in [2.45, 2.75) is 13.0 Å². The molecular weight excluding hydrogens is 166 g/mol. The molecule has 0 unspecified atom stereocenters. The highest BCUT2D eigenvalue weighted by Gasteiger charge is 2.15. The third-order valence-electron chi connectivity index (χ3n) is 1.70. The summed E-state index contributed by atoms with van der Waals surface area (Å²) >= 11 is 0. The van der Waals surface area contributed by atoms with Crippen molar-refractivity contribution in [3.05, 3.63) is 35.9 Å². The molecule has 1 rings (SSSR count). The summed E-state index contributed by atoms with van der Waals surface area (Å²) in [7, 11) is 0. The lowest BCUT2D eigenvalue weighted by molar-refractivity contribution is -0.144.